The van der Waals surface area contributed by atoms with Crippen molar-refractivity contribution in [3.8, 4) is 0 Å². The third-order valence-electron chi connectivity index (χ3n) is 5.72. The molecule has 154 valence electrons. The van der Waals surface area contributed by atoms with Crippen LogP contribution in [0.25, 0.3) is 0 Å². The van der Waals surface area contributed by atoms with Crippen molar-refractivity contribution in [2.24, 2.45) is 11.8 Å². The monoisotopic (exact) mass is 372 g/mol. The first-order valence-electron chi connectivity index (χ1n) is 9.98. The maximum absolute atomic E-state index is 12.5. The molecule has 26 heavy (non-hydrogen) atoms. The predicted molar refractivity (Wildman–Crippen MR) is 105 cm³/mol. The highest BCUT2D eigenvalue weighted by Gasteiger charge is 2.40. The molecule has 6 nitrogen and oxygen atoms in total. The topological polar surface area (TPSA) is 98.7 Å². The Morgan fingerprint density at radius 2 is 0.923 bits per heavy atom. The van der Waals surface area contributed by atoms with Crippen LogP contribution < -0.4 is 10.6 Å². The summed E-state index contributed by atoms with van der Waals surface area (Å²) in [4.78, 5) is 25.0. The molecule has 0 aliphatic rings. The lowest BCUT2D eigenvalue weighted by molar-refractivity contribution is -0.143. The molecule has 0 saturated carbocycles. The Kier molecular flexibility index (Phi) is 9.81. The fourth-order valence-electron chi connectivity index (χ4n) is 3.64. The Hall–Kier alpha value is -1.14. The summed E-state index contributed by atoms with van der Waals surface area (Å²) in [5, 5.41) is 27.0. The second-order valence-electron chi connectivity index (χ2n) is 8.01. The molecule has 0 rings (SSSR count). The maximum Gasteiger partial charge on any atom is 0.309 e. The second kappa shape index (κ2) is 10.3. The highest BCUT2D eigenvalue weighted by Crippen LogP contribution is 2.26. The SMILES string of the molecule is CCC(O)(CC)C(NC(=O)C(=O)NC(C(C)C)C(O)(CC)CC)C(C)C. The molecule has 0 heterocycles. The van der Waals surface area contributed by atoms with E-state index in [-0.39, 0.29) is 11.8 Å². The zero-order valence-corrected chi connectivity index (χ0v) is 17.8. The molecular formula is C20H40N2O4. The van der Waals surface area contributed by atoms with Gasteiger partial charge in [-0.2, -0.15) is 0 Å². The molecule has 0 aromatic heterocycles. The van der Waals surface area contributed by atoms with Crippen LogP contribution in [-0.4, -0.2) is 45.3 Å². The Bertz CT molecular complexity index is 413. The lowest BCUT2D eigenvalue weighted by atomic mass is 9.81. The van der Waals surface area contributed by atoms with E-state index in [9.17, 15) is 19.8 Å². The van der Waals surface area contributed by atoms with Crippen molar-refractivity contribution >= 4 is 11.8 Å². The number of rotatable bonds is 10. The summed E-state index contributed by atoms with van der Waals surface area (Å²) in [6.07, 6.45) is 1.92. The van der Waals surface area contributed by atoms with Gasteiger partial charge in [0.2, 0.25) is 0 Å². The minimum absolute atomic E-state index is 0.0271. The van der Waals surface area contributed by atoms with Crippen molar-refractivity contribution in [1.29, 1.82) is 0 Å². The van der Waals surface area contributed by atoms with E-state index in [1.165, 1.54) is 0 Å². The molecule has 4 N–H and O–H groups in total. The number of carbonyl (C=O) groups is 2. The van der Waals surface area contributed by atoms with Gasteiger partial charge in [-0.1, -0.05) is 55.4 Å². The van der Waals surface area contributed by atoms with Crippen molar-refractivity contribution in [2.45, 2.75) is 104 Å². The zero-order valence-electron chi connectivity index (χ0n) is 17.8. The van der Waals surface area contributed by atoms with Crippen LogP contribution in [0.5, 0.6) is 0 Å². The normalized spacial score (nSPS) is 15.1. The first kappa shape index (κ1) is 24.9. The Morgan fingerprint density at radius 1 is 0.692 bits per heavy atom. The maximum atomic E-state index is 12.5. The molecule has 0 fully saturated rings. The third-order valence-corrected chi connectivity index (χ3v) is 5.72. The molecule has 0 spiro atoms. The van der Waals surface area contributed by atoms with Crippen LogP contribution in [0.3, 0.4) is 0 Å². The van der Waals surface area contributed by atoms with E-state index in [4.69, 9.17) is 0 Å². The summed E-state index contributed by atoms with van der Waals surface area (Å²) < 4.78 is 0. The van der Waals surface area contributed by atoms with Gasteiger partial charge < -0.3 is 20.8 Å². The highest BCUT2D eigenvalue weighted by atomic mass is 16.3. The van der Waals surface area contributed by atoms with E-state index >= 15 is 0 Å². The smallest absolute Gasteiger partial charge is 0.309 e. The molecule has 2 atom stereocenters. The van der Waals surface area contributed by atoms with E-state index in [1.54, 1.807) is 0 Å². The van der Waals surface area contributed by atoms with E-state index in [2.05, 4.69) is 10.6 Å². The minimum Gasteiger partial charge on any atom is -0.388 e. The predicted octanol–water partition coefficient (Wildman–Crippen LogP) is 2.37. The van der Waals surface area contributed by atoms with Gasteiger partial charge in [0, 0.05) is 0 Å². The summed E-state index contributed by atoms with van der Waals surface area (Å²) in [5.41, 5.74) is -2.12. The molecule has 2 unspecified atom stereocenters. The average Bonchev–Trinajstić information content (AvgIpc) is 2.61. The van der Waals surface area contributed by atoms with E-state index in [0.29, 0.717) is 25.7 Å². The summed E-state index contributed by atoms with van der Waals surface area (Å²) in [6.45, 7) is 15.1. The van der Waals surface area contributed by atoms with Gasteiger partial charge in [0.15, 0.2) is 0 Å². The van der Waals surface area contributed by atoms with Gasteiger partial charge in [-0.05, 0) is 37.5 Å². The summed E-state index contributed by atoms with van der Waals surface area (Å²) in [5.74, 6) is -1.60. The average molecular weight is 373 g/mol. The molecule has 2 amide bonds. The molecule has 0 aliphatic heterocycles. The van der Waals surface area contributed by atoms with Gasteiger partial charge in [-0.3, -0.25) is 9.59 Å². The summed E-state index contributed by atoms with van der Waals surface area (Å²) in [6, 6.07) is -1.05. The summed E-state index contributed by atoms with van der Waals surface area (Å²) in [7, 11) is 0. The molecule has 0 radical (unpaired) electrons. The van der Waals surface area contributed by atoms with Crippen LogP contribution in [-0.2, 0) is 9.59 Å². The van der Waals surface area contributed by atoms with Crippen molar-refractivity contribution in [2.75, 3.05) is 0 Å². The number of amides is 2. The van der Waals surface area contributed by atoms with E-state index in [1.807, 2.05) is 55.4 Å². The highest BCUT2D eigenvalue weighted by molar-refractivity contribution is 6.35. The quantitative estimate of drug-likeness (QED) is 0.443. The minimum atomic E-state index is -1.06. The Morgan fingerprint density at radius 3 is 1.08 bits per heavy atom. The third kappa shape index (κ3) is 5.95. The molecule has 0 aromatic rings. The van der Waals surface area contributed by atoms with Crippen molar-refractivity contribution in [3.05, 3.63) is 0 Å². The Balaban J connectivity index is 5.33. The molecule has 0 aliphatic carbocycles. The molecule has 0 aromatic carbocycles. The van der Waals surface area contributed by atoms with Crippen molar-refractivity contribution in [3.63, 3.8) is 0 Å². The first-order valence-corrected chi connectivity index (χ1v) is 9.98. The van der Waals surface area contributed by atoms with Gasteiger partial charge in [-0.25, -0.2) is 0 Å². The van der Waals surface area contributed by atoms with Gasteiger partial charge in [0.25, 0.3) is 0 Å². The number of carbonyl (C=O) groups excluding carboxylic acids is 2. The van der Waals surface area contributed by atoms with Crippen molar-refractivity contribution in [1.82, 2.24) is 10.6 Å². The van der Waals surface area contributed by atoms with Crippen LogP contribution >= 0.6 is 0 Å². The van der Waals surface area contributed by atoms with Crippen LogP contribution in [0.1, 0.15) is 81.1 Å². The number of hydrogen-bond donors (Lipinski definition) is 4. The lowest BCUT2D eigenvalue weighted by Crippen LogP contribution is -2.61. The van der Waals surface area contributed by atoms with Crippen LogP contribution in [0.2, 0.25) is 0 Å². The van der Waals surface area contributed by atoms with Crippen LogP contribution in [0.4, 0.5) is 0 Å². The molecule has 0 saturated heterocycles. The lowest BCUT2D eigenvalue weighted by Gasteiger charge is -2.39. The van der Waals surface area contributed by atoms with Gasteiger partial charge in [0.05, 0.1) is 23.3 Å². The Labute approximate surface area is 159 Å². The van der Waals surface area contributed by atoms with E-state index < -0.39 is 35.1 Å². The van der Waals surface area contributed by atoms with Crippen molar-refractivity contribution < 1.29 is 19.8 Å². The fraction of sp³-hybridized carbons (Fsp3) is 0.900. The van der Waals surface area contributed by atoms with Gasteiger partial charge in [-0.15, -0.1) is 0 Å². The standard InChI is InChI=1S/C20H40N2O4/c1-9-19(25,10-2)15(13(5)6)21-17(23)18(24)22-16(14(7)8)20(26,11-3)12-4/h13-16,25-26H,9-12H2,1-8H3,(H,21,23)(H,22,24). The number of nitrogens with one attached hydrogen (secondary N) is 2. The molecular weight excluding hydrogens is 332 g/mol. The van der Waals surface area contributed by atoms with Gasteiger partial charge >= 0.3 is 11.8 Å². The molecule has 6 heteroatoms. The number of aliphatic hydroxyl groups is 2. The molecule has 0 bridgehead atoms. The largest absolute Gasteiger partial charge is 0.388 e. The van der Waals surface area contributed by atoms with Crippen LogP contribution in [0.15, 0.2) is 0 Å². The van der Waals surface area contributed by atoms with Gasteiger partial charge in [0.1, 0.15) is 0 Å². The fourth-order valence-corrected chi connectivity index (χ4v) is 3.64. The first-order chi connectivity index (χ1) is 11.9. The second-order valence-corrected chi connectivity index (χ2v) is 8.01. The zero-order chi connectivity index (χ0) is 20.7. The number of hydrogen-bond acceptors (Lipinski definition) is 4. The van der Waals surface area contributed by atoms with Crippen LogP contribution in [0, 0.1) is 11.8 Å². The summed E-state index contributed by atoms with van der Waals surface area (Å²) >= 11 is 0. The van der Waals surface area contributed by atoms with E-state index in [0.717, 1.165) is 0 Å².